The number of nitrogens with one attached hydrogen (secondary N) is 1. The Morgan fingerprint density at radius 3 is 2.71 bits per heavy atom. The van der Waals surface area contributed by atoms with Crippen LogP contribution in [0.3, 0.4) is 0 Å². The zero-order chi connectivity index (χ0) is 21.7. The predicted molar refractivity (Wildman–Crippen MR) is 121 cm³/mol. The van der Waals surface area contributed by atoms with Gasteiger partial charge in [0.1, 0.15) is 6.04 Å². The number of amides is 3. The smallest absolute Gasteiger partial charge is 0.259 e. The molecule has 156 valence electrons. The zero-order valence-electron chi connectivity index (χ0n) is 17.4. The second-order valence-electron chi connectivity index (χ2n) is 8.14. The quantitative estimate of drug-likeness (QED) is 0.611. The van der Waals surface area contributed by atoms with E-state index in [0.717, 1.165) is 40.8 Å². The molecular formula is C25H23N3O3. The first kappa shape index (κ1) is 19.3. The lowest BCUT2D eigenvalue weighted by molar-refractivity contribution is -0.134. The van der Waals surface area contributed by atoms with E-state index in [1.165, 1.54) is 5.57 Å². The van der Waals surface area contributed by atoms with Gasteiger partial charge < -0.3 is 4.90 Å². The summed E-state index contributed by atoms with van der Waals surface area (Å²) < 4.78 is 0. The lowest BCUT2D eigenvalue weighted by Crippen LogP contribution is -2.53. The highest BCUT2D eigenvalue weighted by Gasteiger charge is 2.41. The average molecular weight is 413 g/mol. The first-order valence-corrected chi connectivity index (χ1v) is 10.5. The van der Waals surface area contributed by atoms with Crippen LogP contribution in [0.1, 0.15) is 36.5 Å². The lowest BCUT2D eigenvalue weighted by atomic mass is 10.0. The van der Waals surface area contributed by atoms with Crippen LogP contribution in [0.5, 0.6) is 0 Å². The van der Waals surface area contributed by atoms with E-state index < -0.39 is 11.9 Å². The van der Waals surface area contributed by atoms with Gasteiger partial charge in [-0.1, -0.05) is 30.9 Å². The lowest BCUT2D eigenvalue weighted by Gasteiger charge is -2.30. The highest BCUT2D eigenvalue weighted by Crippen LogP contribution is 2.44. The fourth-order valence-electron chi connectivity index (χ4n) is 4.86. The van der Waals surface area contributed by atoms with Crippen molar-refractivity contribution >= 4 is 39.9 Å². The molecule has 0 radical (unpaired) electrons. The topological polar surface area (TPSA) is 69.7 Å². The number of nitrogens with zero attached hydrogens (tertiary/aromatic N) is 2. The highest BCUT2D eigenvalue weighted by molar-refractivity contribution is 6.28. The molecule has 1 unspecified atom stereocenters. The Hall–Kier alpha value is -3.67. The van der Waals surface area contributed by atoms with Gasteiger partial charge in [0.05, 0.1) is 11.3 Å². The average Bonchev–Trinajstić information content (AvgIpc) is 3.26. The van der Waals surface area contributed by atoms with Crippen molar-refractivity contribution in [2.24, 2.45) is 0 Å². The van der Waals surface area contributed by atoms with Crippen LogP contribution in [0.15, 0.2) is 66.4 Å². The number of imide groups is 1. The summed E-state index contributed by atoms with van der Waals surface area (Å²) in [4.78, 5) is 41.2. The Morgan fingerprint density at radius 1 is 1.10 bits per heavy atom. The van der Waals surface area contributed by atoms with Gasteiger partial charge >= 0.3 is 0 Å². The first-order valence-electron chi connectivity index (χ1n) is 10.5. The van der Waals surface area contributed by atoms with Crippen LogP contribution < -0.4 is 15.1 Å². The van der Waals surface area contributed by atoms with Gasteiger partial charge in [0.15, 0.2) is 0 Å². The van der Waals surface area contributed by atoms with E-state index in [4.69, 9.17) is 0 Å². The molecule has 2 aromatic rings. The summed E-state index contributed by atoms with van der Waals surface area (Å²) >= 11 is 0. The van der Waals surface area contributed by atoms with Crippen LogP contribution in [0.2, 0.25) is 0 Å². The number of carbonyl (C=O) groups excluding carboxylic acids is 3. The normalized spacial score (nSPS) is 21.1. The van der Waals surface area contributed by atoms with Crippen LogP contribution in [-0.2, 0) is 9.59 Å². The number of anilines is 2. The van der Waals surface area contributed by atoms with Crippen molar-refractivity contribution in [2.75, 3.05) is 16.3 Å². The van der Waals surface area contributed by atoms with E-state index in [1.807, 2.05) is 36.4 Å². The predicted octanol–water partition coefficient (Wildman–Crippen LogP) is 3.83. The summed E-state index contributed by atoms with van der Waals surface area (Å²) in [5.41, 5.74) is 4.83. The number of hydrogen-bond acceptors (Lipinski definition) is 4. The molecule has 0 aromatic heterocycles. The summed E-state index contributed by atoms with van der Waals surface area (Å²) in [6.45, 7) is 6.78. The molecule has 2 aromatic carbocycles. The maximum Gasteiger partial charge on any atom is 0.259 e. The molecule has 6 nitrogen and oxygen atoms in total. The van der Waals surface area contributed by atoms with Crippen LogP contribution in [0.4, 0.5) is 11.4 Å². The first-order chi connectivity index (χ1) is 15.0. The van der Waals surface area contributed by atoms with E-state index in [-0.39, 0.29) is 18.2 Å². The minimum absolute atomic E-state index is 0.188. The van der Waals surface area contributed by atoms with Crippen molar-refractivity contribution in [3.63, 3.8) is 0 Å². The van der Waals surface area contributed by atoms with Crippen LogP contribution in [-0.4, -0.2) is 30.3 Å². The minimum Gasteiger partial charge on any atom is -0.341 e. The fourth-order valence-corrected chi connectivity index (χ4v) is 4.86. The molecule has 3 aliphatic rings. The van der Waals surface area contributed by atoms with Crippen molar-refractivity contribution in [1.29, 1.82) is 0 Å². The van der Waals surface area contributed by atoms with E-state index >= 15 is 0 Å². The second kappa shape index (κ2) is 7.23. The molecule has 0 spiro atoms. The van der Waals surface area contributed by atoms with E-state index in [2.05, 4.69) is 29.8 Å². The molecule has 6 heteroatoms. The van der Waals surface area contributed by atoms with Gasteiger partial charge in [-0.15, -0.1) is 0 Å². The van der Waals surface area contributed by atoms with E-state index in [0.29, 0.717) is 12.0 Å². The maximum absolute atomic E-state index is 13.3. The summed E-state index contributed by atoms with van der Waals surface area (Å²) in [6.07, 6.45) is 7.31. The SMILES string of the molecule is C=C/C=C\C1=C(C)CCN1c1ccc2c3c(cccc13)N(C1CCC(=O)NC1=O)C2=O. The number of allylic oxidation sites excluding steroid dienone is 3. The summed E-state index contributed by atoms with van der Waals surface area (Å²) in [5.74, 6) is -0.890. The number of piperidine rings is 1. The Kier molecular flexibility index (Phi) is 4.50. The molecular weight excluding hydrogens is 390 g/mol. The number of rotatable bonds is 4. The van der Waals surface area contributed by atoms with Gasteiger partial charge in [-0.2, -0.15) is 0 Å². The standard InChI is InChI=1S/C25H23N3O3/c1-3-4-7-18-15(2)13-14-27(18)19-10-9-17-23-16(19)6-5-8-20(23)28(25(17)31)21-11-12-22(29)26-24(21)30/h3-10,21H,1,11-14H2,2H3,(H,26,29,30)/b7-4-. The van der Waals surface area contributed by atoms with Gasteiger partial charge in [-0.3, -0.25) is 24.6 Å². The van der Waals surface area contributed by atoms with Gasteiger partial charge in [0.2, 0.25) is 11.8 Å². The summed E-state index contributed by atoms with van der Waals surface area (Å²) in [6, 6.07) is 9.02. The molecule has 1 atom stereocenters. The van der Waals surface area contributed by atoms with Crippen molar-refractivity contribution in [2.45, 2.75) is 32.2 Å². The third kappa shape index (κ3) is 2.90. The Balaban J connectivity index is 1.63. The van der Waals surface area contributed by atoms with Crippen molar-refractivity contribution in [1.82, 2.24) is 5.32 Å². The summed E-state index contributed by atoms with van der Waals surface area (Å²) in [7, 11) is 0. The Morgan fingerprint density at radius 2 is 1.94 bits per heavy atom. The molecule has 0 saturated carbocycles. The molecule has 31 heavy (non-hydrogen) atoms. The van der Waals surface area contributed by atoms with E-state index in [9.17, 15) is 14.4 Å². The van der Waals surface area contributed by atoms with Gasteiger partial charge in [0, 0.05) is 35.1 Å². The molecule has 3 amide bonds. The van der Waals surface area contributed by atoms with Crippen LogP contribution >= 0.6 is 0 Å². The third-order valence-electron chi connectivity index (χ3n) is 6.35. The summed E-state index contributed by atoms with van der Waals surface area (Å²) in [5, 5.41) is 4.22. The molecule has 1 saturated heterocycles. The molecule has 3 heterocycles. The number of hydrogen-bond donors (Lipinski definition) is 1. The van der Waals surface area contributed by atoms with Crippen molar-refractivity contribution in [3.05, 3.63) is 72.0 Å². The fraction of sp³-hybridized carbons (Fsp3) is 0.240. The molecule has 1 N–H and O–H groups in total. The number of carbonyl (C=O) groups is 3. The third-order valence-corrected chi connectivity index (χ3v) is 6.35. The van der Waals surface area contributed by atoms with Gasteiger partial charge in [0.25, 0.3) is 5.91 Å². The molecule has 3 aliphatic heterocycles. The molecule has 0 aliphatic carbocycles. The number of benzene rings is 2. The zero-order valence-corrected chi connectivity index (χ0v) is 17.4. The molecule has 5 rings (SSSR count). The maximum atomic E-state index is 13.3. The monoisotopic (exact) mass is 413 g/mol. The second-order valence-corrected chi connectivity index (χ2v) is 8.14. The van der Waals surface area contributed by atoms with E-state index in [1.54, 1.807) is 11.0 Å². The Labute approximate surface area is 180 Å². The van der Waals surface area contributed by atoms with Gasteiger partial charge in [-0.05, 0) is 49.6 Å². The molecule has 1 fully saturated rings. The van der Waals surface area contributed by atoms with Crippen LogP contribution in [0, 0.1) is 0 Å². The largest absolute Gasteiger partial charge is 0.341 e. The Bertz CT molecular complexity index is 1220. The van der Waals surface area contributed by atoms with Gasteiger partial charge in [-0.25, -0.2) is 0 Å². The highest BCUT2D eigenvalue weighted by atomic mass is 16.2. The minimum atomic E-state index is -0.674. The molecule has 0 bridgehead atoms. The van der Waals surface area contributed by atoms with Crippen LogP contribution in [0.25, 0.3) is 10.8 Å². The van der Waals surface area contributed by atoms with Crippen molar-refractivity contribution < 1.29 is 14.4 Å². The van der Waals surface area contributed by atoms with Crippen molar-refractivity contribution in [3.8, 4) is 0 Å².